The largest absolute Gasteiger partial charge is 0.774 e. The van der Waals surface area contributed by atoms with E-state index >= 15 is 0 Å². The van der Waals surface area contributed by atoms with Crippen LogP contribution in [0.25, 0.3) is 0 Å². The van der Waals surface area contributed by atoms with E-state index in [-0.39, 0.29) is 16.5 Å². The van der Waals surface area contributed by atoms with Crippen LogP contribution in [0.4, 0.5) is 0 Å². The topological polar surface area (TPSA) is 0 Å². The molecule has 0 amide bonds. The molecule has 9 heteroatoms. The molecule has 0 bridgehead atoms. The van der Waals surface area contributed by atoms with Gasteiger partial charge in [-0.05, 0) is 12.8 Å². The standard InChI is InChI=1S/2C7H12S4.Ni/c2*1-4-3-5(2)11-7(9)6(8)10-4;/h2*4-5,8-9H,3H2,1-2H3;/p-4. The Morgan fingerprint density at radius 2 is 0.739 bits per heavy atom. The molecule has 0 aliphatic carbocycles. The van der Waals surface area contributed by atoms with Gasteiger partial charge in [0, 0.05) is 37.5 Å². The summed E-state index contributed by atoms with van der Waals surface area (Å²) in [7, 11) is 0. The third-order valence-electron chi connectivity index (χ3n) is 2.89. The molecular formula is C14H20NiS8-4. The summed E-state index contributed by atoms with van der Waals surface area (Å²) in [6, 6.07) is 0. The van der Waals surface area contributed by atoms with Crippen molar-refractivity contribution in [2.24, 2.45) is 0 Å². The van der Waals surface area contributed by atoms with Gasteiger partial charge >= 0.3 is 0 Å². The van der Waals surface area contributed by atoms with Crippen LogP contribution in [0.1, 0.15) is 40.5 Å². The summed E-state index contributed by atoms with van der Waals surface area (Å²) < 4.78 is 3.67. The van der Waals surface area contributed by atoms with E-state index in [0.29, 0.717) is 21.0 Å². The zero-order valence-electron chi connectivity index (χ0n) is 13.3. The minimum Gasteiger partial charge on any atom is -0.774 e. The van der Waals surface area contributed by atoms with Crippen molar-refractivity contribution in [2.75, 3.05) is 0 Å². The Morgan fingerprint density at radius 1 is 0.565 bits per heavy atom. The molecule has 0 radical (unpaired) electrons. The van der Waals surface area contributed by atoms with Crippen LogP contribution in [0.3, 0.4) is 0 Å². The van der Waals surface area contributed by atoms with Crippen LogP contribution in [0.5, 0.6) is 0 Å². The van der Waals surface area contributed by atoms with Gasteiger partial charge in [0.15, 0.2) is 0 Å². The molecule has 4 atom stereocenters. The zero-order chi connectivity index (χ0) is 16.9. The van der Waals surface area contributed by atoms with Crippen molar-refractivity contribution in [1.82, 2.24) is 0 Å². The van der Waals surface area contributed by atoms with Crippen molar-refractivity contribution < 1.29 is 16.5 Å². The monoisotopic (exact) mass is 502 g/mol. The van der Waals surface area contributed by atoms with E-state index in [1.807, 2.05) is 0 Å². The number of hydrogen-bond donors (Lipinski definition) is 0. The first-order valence-corrected chi connectivity index (χ1v) is 12.2. The molecule has 2 rings (SSSR count). The molecule has 0 spiro atoms. The molecule has 0 aromatic rings. The van der Waals surface area contributed by atoms with E-state index in [0.717, 1.165) is 16.9 Å². The molecule has 0 fully saturated rings. The van der Waals surface area contributed by atoms with Crippen molar-refractivity contribution in [1.29, 1.82) is 0 Å². The van der Waals surface area contributed by atoms with Gasteiger partial charge in [-0.3, -0.25) is 0 Å². The SMILES string of the molecule is CC1CC(C)SC([S-])=C([S-])S1.CC1CC(C)SC([S-])=C([S-])S1.[Ni]. The molecule has 0 aromatic heterocycles. The zero-order valence-corrected chi connectivity index (χ0v) is 20.8. The Kier molecular flexibility index (Phi) is 13.8. The Hall–Kier alpha value is 2.25. The molecule has 2 aliphatic rings. The Bertz CT molecular complexity index is 360. The summed E-state index contributed by atoms with van der Waals surface area (Å²) in [5.41, 5.74) is 0. The van der Waals surface area contributed by atoms with Gasteiger partial charge in [0.25, 0.3) is 0 Å². The van der Waals surface area contributed by atoms with Crippen LogP contribution >= 0.6 is 47.0 Å². The third kappa shape index (κ3) is 10.2. The van der Waals surface area contributed by atoms with Crippen LogP contribution in [-0.2, 0) is 67.0 Å². The van der Waals surface area contributed by atoms with Crippen molar-refractivity contribution in [3.05, 3.63) is 16.9 Å². The first kappa shape index (κ1) is 25.3. The maximum Gasteiger partial charge on any atom is 0.00555 e. The molecule has 0 nitrogen and oxygen atoms in total. The summed E-state index contributed by atoms with van der Waals surface area (Å²) in [4.78, 5) is 0. The van der Waals surface area contributed by atoms with E-state index < -0.39 is 0 Å². The average molecular weight is 504 g/mol. The quantitative estimate of drug-likeness (QED) is 0.301. The minimum absolute atomic E-state index is 0. The van der Waals surface area contributed by atoms with Crippen LogP contribution in [0.2, 0.25) is 0 Å². The molecule has 2 aliphatic heterocycles. The van der Waals surface area contributed by atoms with Crippen LogP contribution < -0.4 is 0 Å². The van der Waals surface area contributed by atoms with Gasteiger partial charge in [-0.15, -0.1) is 0 Å². The van der Waals surface area contributed by atoms with Gasteiger partial charge in [-0.2, -0.15) is 64.0 Å². The van der Waals surface area contributed by atoms with Crippen LogP contribution in [0, 0.1) is 0 Å². The summed E-state index contributed by atoms with van der Waals surface area (Å²) in [6.45, 7) is 8.84. The summed E-state index contributed by atoms with van der Waals surface area (Å²) in [5, 5.41) is 2.52. The summed E-state index contributed by atoms with van der Waals surface area (Å²) in [5.74, 6) is 0. The summed E-state index contributed by atoms with van der Waals surface area (Å²) >= 11 is 27.6. The van der Waals surface area contributed by atoms with Crippen molar-refractivity contribution in [2.45, 2.75) is 61.5 Å². The fraction of sp³-hybridized carbons (Fsp3) is 0.714. The van der Waals surface area contributed by atoms with Crippen LogP contribution in [0.15, 0.2) is 16.9 Å². The van der Waals surface area contributed by atoms with Gasteiger partial charge in [0.1, 0.15) is 0 Å². The summed E-state index contributed by atoms with van der Waals surface area (Å²) in [6.07, 6.45) is 2.41. The molecule has 0 aromatic carbocycles. The maximum absolute atomic E-state index is 5.15. The molecule has 138 valence electrons. The first-order valence-electron chi connectivity index (χ1n) is 7.02. The molecule has 23 heavy (non-hydrogen) atoms. The molecular weight excluding hydrogens is 483 g/mol. The third-order valence-corrected chi connectivity index (χ3v) is 9.95. The minimum atomic E-state index is 0. The molecule has 2 heterocycles. The fourth-order valence-electron chi connectivity index (χ4n) is 2.05. The smallest absolute Gasteiger partial charge is 0.00555 e. The predicted octanol–water partition coefficient (Wildman–Crippen LogP) is 5.71. The Morgan fingerprint density at radius 3 is 0.913 bits per heavy atom. The second-order valence-electron chi connectivity index (χ2n) is 5.34. The predicted molar refractivity (Wildman–Crippen MR) is 121 cm³/mol. The molecule has 0 N–H and O–H groups in total. The number of thioether (sulfide) groups is 4. The van der Waals surface area contributed by atoms with E-state index in [1.54, 1.807) is 47.0 Å². The second kappa shape index (κ2) is 12.6. The van der Waals surface area contributed by atoms with Gasteiger partial charge in [-0.25, -0.2) is 0 Å². The average Bonchev–Trinajstić information content (AvgIpc) is 2.54. The molecule has 0 saturated carbocycles. The van der Waals surface area contributed by atoms with Gasteiger partial charge in [0.05, 0.1) is 0 Å². The molecule has 4 unspecified atom stereocenters. The first-order chi connectivity index (χ1) is 10.2. The Labute approximate surface area is 190 Å². The van der Waals surface area contributed by atoms with E-state index in [9.17, 15) is 0 Å². The van der Waals surface area contributed by atoms with E-state index in [1.165, 1.54) is 12.8 Å². The second-order valence-corrected chi connectivity index (χ2v) is 13.8. The molecule has 0 saturated heterocycles. The fourth-order valence-corrected chi connectivity index (χ4v) is 8.81. The Balaban J connectivity index is 0.000000403. The van der Waals surface area contributed by atoms with Gasteiger partial charge < -0.3 is 50.5 Å². The van der Waals surface area contributed by atoms with E-state index in [2.05, 4.69) is 27.7 Å². The number of hydrogen-bond acceptors (Lipinski definition) is 8. The number of rotatable bonds is 0. The van der Waals surface area contributed by atoms with Crippen molar-refractivity contribution >= 4 is 97.6 Å². The van der Waals surface area contributed by atoms with Gasteiger partial charge in [-0.1, -0.05) is 27.7 Å². The maximum atomic E-state index is 5.15. The van der Waals surface area contributed by atoms with Crippen molar-refractivity contribution in [3.63, 3.8) is 0 Å². The van der Waals surface area contributed by atoms with Crippen LogP contribution in [-0.4, -0.2) is 21.0 Å². The van der Waals surface area contributed by atoms with Gasteiger partial charge in [0.2, 0.25) is 0 Å². The van der Waals surface area contributed by atoms with Crippen molar-refractivity contribution in [3.8, 4) is 0 Å². The normalized spacial score (nSPS) is 32.2. The van der Waals surface area contributed by atoms with E-state index in [4.69, 9.17) is 50.5 Å².